The van der Waals surface area contributed by atoms with E-state index in [-0.39, 0.29) is 11.7 Å². The van der Waals surface area contributed by atoms with Gasteiger partial charge in [0.15, 0.2) is 16.9 Å². The highest BCUT2D eigenvalue weighted by molar-refractivity contribution is 8.00. The van der Waals surface area contributed by atoms with E-state index in [1.54, 1.807) is 18.0 Å². The van der Waals surface area contributed by atoms with Gasteiger partial charge in [0.05, 0.1) is 0 Å². The van der Waals surface area contributed by atoms with Gasteiger partial charge in [-0.15, -0.1) is 11.8 Å². The summed E-state index contributed by atoms with van der Waals surface area (Å²) in [6, 6.07) is 17.8. The molecule has 126 valence electrons. The molecule has 4 heteroatoms. The fourth-order valence-electron chi connectivity index (χ4n) is 3.17. The van der Waals surface area contributed by atoms with Crippen molar-refractivity contribution in [2.24, 2.45) is 5.92 Å². The second-order valence-electron chi connectivity index (χ2n) is 6.51. The number of hydrogen-bond acceptors (Lipinski definition) is 4. The summed E-state index contributed by atoms with van der Waals surface area (Å²) in [6.07, 6.45) is 4.64. The standard InChI is InChI=1S/C21H19NO2S/c23-14-21(25-13-15-6-2-1-3-7-15)19-9-5-4-8-17(19)18(12-22-21)20(24)16-10-11-16/h1-9,12,14,16,22H,10-11,13H2. The topological polar surface area (TPSA) is 46.2 Å². The Balaban J connectivity index is 1.67. The molecule has 25 heavy (non-hydrogen) atoms. The van der Waals surface area contributed by atoms with Crippen molar-refractivity contribution in [3.05, 3.63) is 77.5 Å². The van der Waals surface area contributed by atoms with Crippen molar-refractivity contribution in [2.75, 3.05) is 0 Å². The maximum atomic E-state index is 12.6. The second kappa shape index (κ2) is 6.52. The lowest BCUT2D eigenvalue weighted by Gasteiger charge is -2.34. The smallest absolute Gasteiger partial charge is 0.168 e. The Kier molecular flexibility index (Phi) is 4.22. The molecule has 1 fully saturated rings. The summed E-state index contributed by atoms with van der Waals surface area (Å²) in [5.74, 6) is 1.05. The van der Waals surface area contributed by atoms with Crippen molar-refractivity contribution in [3.8, 4) is 0 Å². The van der Waals surface area contributed by atoms with Gasteiger partial charge >= 0.3 is 0 Å². The molecule has 0 amide bonds. The number of ketones is 1. The highest BCUT2D eigenvalue weighted by atomic mass is 32.2. The van der Waals surface area contributed by atoms with Crippen molar-refractivity contribution in [1.82, 2.24) is 5.32 Å². The van der Waals surface area contributed by atoms with Crippen molar-refractivity contribution in [1.29, 1.82) is 0 Å². The van der Waals surface area contributed by atoms with Gasteiger partial charge in [0.25, 0.3) is 0 Å². The maximum absolute atomic E-state index is 12.6. The van der Waals surface area contributed by atoms with E-state index < -0.39 is 4.87 Å². The van der Waals surface area contributed by atoms with Crippen LogP contribution in [0.3, 0.4) is 0 Å². The summed E-state index contributed by atoms with van der Waals surface area (Å²) in [7, 11) is 0. The van der Waals surface area contributed by atoms with Crippen LogP contribution in [0.2, 0.25) is 0 Å². The Morgan fingerprint density at radius 2 is 1.84 bits per heavy atom. The average molecular weight is 349 g/mol. The first kappa shape index (κ1) is 16.2. The van der Waals surface area contributed by atoms with Crippen molar-refractivity contribution in [2.45, 2.75) is 23.5 Å². The monoisotopic (exact) mass is 349 g/mol. The molecule has 1 N–H and O–H groups in total. The van der Waals surface area contributed by atoms with Gasteiger partial charge in [-0.2, -0.15) is 0 Å². The van der Waals surface area contributed by atoms with Gasteiger partial charge in [0.2, 0.25) is 0 Å². The number of thioether (sulfide) groups is 1. The van der Waals surface area contributed by atoms with Crippen LogP contribution in [0.4, 0.5) is 0 Å². The molecule has 1 saturated carbocycles. The third-order valence-electron chi connectivity index (χ3n) is 4.74. The molecule has 0 radical (unpaired) electrons. The minimum Gasteiger partial charge on any atom is -0.367 e. The normalized spacial score (nSPS) is 21.7. The number of allylic oxidation sites excluding steroid dienone is 1. The number of hydrogen-bond donors (Lipinski definition) is 1. The number of carbonyl (C=O) groups is 2. The number of nitrogens with one attached hydrogen (secondary N) is 1. The number of carbonyl (C=O) groups excluding carboxylic acids is 2. The molecule has 2 aromatic carbocycles. The Hall–Kier alpha value is -2.33. The summed E-state index contributed by atoms with van der Waals surface area (Å²) in [5, 5.41) is 3.23. The van der Waals surface area contributed by atoms with Crippen LogP contribution in [0, 0.1) is 5.92 Å². The molecule has 3 nitrogen and oxygen atoms in total. The van der Waals surface area contributed by atoms with E-state index >= 15 is 0 Å². The van der Waals surface area contributed by atoms with Crippen molar-refractivity contribution in [3.63, 3.8) is 0 Å². The van der Waals surface area contributed by atoms with Crippen LogP contribution in [0.25, 0.3) is 5.57 Å². The highest BCUT2D eigenvalue weighted by Crippen LogP contribution is 2.43. The summed E-state index contributed by atoms with van der Waals surface area (Å²) >= 11 is 1.54. The van der Waals surface area contributed by atoms with Gasteiger partial charge < -0.3 is 5.32 Å². The molecule has 2 aliphatic rings. The number of aldehydes is 1. The SMILES string of the molecule is O=CC1(SCc2ccccc2)NC=C(C(=O)C2CC2)c2ccccc21. The Morgan fingerprint density at radius 3 is 2.56 bits per heavy atom. The lowest BCUT2D eigenvalue weighted by Crippen LogP contribution is -2.41. The zero-order valence-corrected chi connectivity index (χ0v) is 14.6. The van der Waals surface area contributed by atoms with Gasteiger partial charge in [-0.05, 0) is 24.0 Å². The van der Waals surface area contributed by atoms with Crippen LogP contribution in [0.5, 0.6) is 0 Å². The van der Waals surface area contributed by atoms with Crippen LogP contribution >= 0.6 is 11.8 Å². The molecule has 4 rings (SSSR count). The van der Waals surface area contributed by atoms with Crippen LogP contribution < -0.4 is 5.32 Å². The first-order valence-corrected chi connectivity index (χ1v) is 9.48. The van der Waals surface area contributed by atoms with Crippen molar-refractivity contribution < 1.29 is 9.59 Å². The first-order chi connectivity index (χ1) is 12.2. The van der Waals surface area contributed by atoms with Crippen molar-refractivity contribution >= 4 is 29.4 Å². The first-order valence-electron chi connectivity index (χ1n) is 8.50. The number of Topliss-reactive ketones (excluding diaryl/α,β-unsaturated/α-hetero) is 1. The molecular weight excluding hydrogens is 330 g/mol. The summed E-state index contributed by atoms with van der Waals surface area (Å²) in [4.78, 5) is 23.8. The molecule has 0 aromatic heterocycles. The molecular formula is C21H19NO2S. The van der Waals surface area contributed by atoms with Gasteiger partial charge in [0, 0.05) is 29.0 Å². The van der Waals surface area contributed by atoms with Crippen LogP contribution in [0.15, 0.2) is 60.8 Å². The van der Waals surface area contributed by atoms with Gasteiger partial charge in [0.1, 0.15) is 0 Å². The molecule has 1 heterocycles. The zero-order chi connectivity index (χ0) is 17.3. The Labute approximate surface area is 151 Å². The summed E-state index contributed by atoms with van der Waals surface area (Å²) < 4.78 is 0. The third-order valence-corrected chi connectivity index (χ3v) is 6.10. The maximum Gasteiger partial charge on any atom is 0.168 e. The molecule has 1 unspecified atom stereocenters. The molecule has 1 atom stereocenters. The molecule has 0 bridgehead atoms. The second-order valence-corrected chi connectivity index (χ2v) is 7.74. The predicted octanol–water partition coefficient (Wildman–Crippen LogP) is 3.89. The van der Waals surface area contributed by atoms with E-state index in [0.29, 0.717) is 11.3 Å². The lowest BCUT2D eigenvalue weighted by molar-refractivity contribution is -0.115. The molecule has 0 saturated heterocycles. The number of rotatable bonds is 6. The molecule has 1 aliphatic heterocycles. The van der Waals surface area contributed by atoms with Crippen LogP contribution in [0.1, 0.15) is 29.5 Å². The third kappa shape index (κ3) is 3.02. The summed E-state index contributed by atoms with van der Waals surface area (Å²) in [6.45, 7) is 0. The van der Waals surface area contributed by atoms with E-state index in [2.05, 4.69) is 17.4 Å². The van der Waals surface area contributed by atoms with Gasteiger partial charge in [-0.3, -0.25) is 9.59 Å². The number of benzene rings is 2. The fraction of sp³-hybridized carbons (Fsp3) is 0.238. The van der Waals surface area contributed by atoms with Gasteiger partial charge in [-0.1, -0.05) is 54.6 Å². The van der Waals surface area contributed by atoms with Gasteiger partial charge in [-0.25, -0.2) is 0 Å². The molecule has 1 aliphatic carbocycles. The Morgan fingerprint density at radius 1 is 1.12 bits per heavy atom. The van der Waals surface area contributed by atoms with E-state index in [1.807, 2.05) is 42.5 Å². The van der Waals surface area contributed by atoms with E-state index in [9.17, 15) is 9.59 Å². The fourth-order valence-corrected chi connectivity index (χ4v) is 4.30. The summed E-state index contributed by atoms with van der Waals surface area (Å²) in [5.41, 5.74) is 3.62. The highest BCUT2D eigenvalue weighted by Gasteiger charge is 2.41. The molecule has 0 spiro atoms. The van der Waals surface area contributed by atoms with Crippen LogP contribution in [-0.4, -0.2) is 12.1 Å². The predicted molar refractivity (Wildman–Crippen MR) is 101 cm³/mol. The van der Waals surface area contributed by atoms with Crippen LogP contribution in [-0.2, 0) is 20.2 Å². The Bertz CT molecular complexity index is 842. The largest absolute Gasteiger partial charge is 0.367 e. The van der Waals surface area contributed by atoms with E-state index in [0.717, 1.165) is 35.8 Å². The lowest BCUT2D eigenvalue weighted by atomic mass is 9.89. The zero-order valence-electron chi connectivity index (χ0n) is 13.8. The minimum atomic E-state index is -0.861. The van der Waals surface area contributed by atoms with E-state index in [1.165, 1.54) is 0 Å². The van der Waals surface area contributed by atoms with E-state index in [4.69, 9.17) is 0 Å². The average Bonchev–Trinajstić information content (AvgIpc) is 3.52. The quantitative estimate of drug-likeness (QED) is 0.804. The molecule has 2 aromatic rings. The minimum absolute atomic E-state index is 0.154. The number of fused-ring (bicyclic) bond motifs is 1.